The van der Waals surface area contributed by atoms with Gasteiger partial charge in [-0.3, -0.25) is 0 Å². The highest BCUT2D eigenvalue weighted by molar-refractivity contribution is 6.32. The van der Waals surface area contributed by atoms with Crippen molar-refractivity contribution in [2.24, 2.45) is 0 Å². The van der Waals surface area contributed by atoms with E-state index in [0.29, 0.717) is 12.4 Å². The highest BCUT2D eigenvalue weighted by Crippen LogP contribution is 2.37. The Labute approximate surface area is 110 Å². The number of hydrogen-bond donors (Lipinski definition) is 1. The molecule has 0 aliphatic heterocycles. The summed E-state index contributed by atoms with van der Waals surface area (Å²) in [5, 5.41) is 9.10. The van der Waals surface area contributed by atoms with Gasteiger partial charge in [-0.2, -0.15) is 0 Å². The van der Waals surface area contributed by atoms with E-state index in [4.69, 9.17) is 30.9 Å². The highest BCUT2D eigenvalue weighted by Gasteiger charge is 2.17. The van der Waals surface area contributed by atoms with Crippen LogP contribution in [0.3, 0.4) is 0 Å². The second-order valence-electron chi connectivity index (χ2n) is 3.68. The van der Waals surface area contributed by atoms with E-state index in [-0.39, 0.29) is 22.4 Å². The molecule has 0 amide bonds. The Hall–Kier alpha value is -1.46. The lowest BCUT2D eigenvalue weighted by molar-refractivity contribution is 0.0696. The minimum absolute atomic E-state index is 0.0450. The molecule has 100 valence electrons. The predicted molar refractivity (Wildman–Crippen MR) is 66.9 cm³/mol. The summed E-state index contributed by atoms with van der Waals surface area (Å²) in [6, 6.07) is 2.68. The van der Waals surface area contributed by atoms with Crippen LogP contribution in [-0.2, 0) is 4.74 Å². The van der Waals surface area contributed by atoms with Crippen LogP contribution in [0, 0.1) is 0 Å². The maximum absolute atomic E-state index is 10.9. The molecule has 0 aliphatic carbocycles. The number of aromatic carboxylic acids is 1. The van der Waals surface area contributed by atoms with Gasteiger partial charge in [-0.15, -0.1) is 0 Å². The molecular weight excluding hydrogens is 260 g/mol. The quantitative estimate of drug-likeness (QED) is 0.863. The number of rotatable bonds is 6. The van der Waals surface area contributed by atoms with Gasteiger partial charge in [0.05, 0.1) is 24.3 Å². The molecule has 1 atom stereocenters. The standard InChI is InChI=1S/C12H15ClO5/c1-7(6-16-2)18-11-9(13)4-8(12(14)15)5-10(11)17-3/h4-5,7H,6H2,1-3H3,(H,14,15). The van der Waals surface area contributed by atoms with Crippen molar-refractivity contribution in [1.82, 2.24) is 0 Å². The largest absolute Gasteiger partial charge is 0.493 e. The van der Waals surface area contributed by atoms with Crippen LogP contribution in [0.25, 0.3) is 0 Å². The van der Waals surface area contributed by atoms with Crippen LogP contribution in [0.5, 0.6) is 11.5 Å². The van der Waals surface area contributed by atoms with Crippen molar-refractivity contribution in [2.75, 3.05) is 20.8 Å². The Balaban J connectivity index is 3.07. The van der Waals surface area contributed by atoms with Crippen LogP contribution in [-0.4, -0.2) is 38.0 Å². The lowest BCUT2D eigenvalue weighted by Crippen LogP contribution is -2.18. The van der Waals surface area contributed by atoms with E-state index >= 15 is 0 Å². The van der Waals surface area contributed by atoms with E-state index in [1.54, 1.807) is 7.11 Å². The van der Waals surface area contributed by atoms with E-state index in [9.17, 15) is 4.79 Å². The number of ether oxygens (including phenoxy) is 3. The van der Waals surface area contributed by atoms with Crippen molar-refractivity contribution < 1.29 is 24.1 Å². The summed E-state index contributed by atoms with van der Waals surface area (Å²) in [5.41, 5.74) is 0.0450. The molecule has 1 rings (SSSR count). The number of benzene rings is 1. The van der Waals surface area contributed by atoms with Gasteiger partial charge in [0.25, 0.3) is 0 Å². The van der Waals surface area contributed by atoms with Crippen molar-refractivity contribution in [3.8, 4) is 11.5 Å². The van der Waals surface area contributed by atoms with E-state index in [1.807, 2.05) is 6.92 Å². The molecule has 0 bridgehead atoms. The number of halogens is 1. The Morgan fingerprint density at radius 1 is 1.44 bits per heavy atom. The Kier molecular flexibility index (Phi) is 5.25. The number of methoxy groups -OCH3 is 2. The van der Waals surface area contributed by atoms with E-state index in [0.717, 1.165) is 0 Å². The van der Waals surface area contributed by atoms with Gasteiger partial charge in [-0.1, -0.05) is 11.6 Å². The third kappa shape index (κ3) is 3.51. The highest BCUT2D eigenvalue weighted by atomic mass is 35.5. The van der Waals surface area contributed by atoms with Gasteiger partial charge >= 0.3 is 5.97 Å². The molecule has 1 unspecified atom stereocenters. The van der Waals surface area contributed by atoms with E-state index < -0.39 is 5.97 Å². The predicted octanol–water partition coefficient (Wildman–Crippen LogP) is 2.46. The molecule has 0 spiro atoms. The van der Waals surface area contributed by atoms with Gasteiger partial charge in [-0.05, 0) is 19.1 Å². The third-order valence-corrected chi connectivity index (χ3v) is 2.48. The lowest BCUT2D eigenvalue weighted by Gasteiger charge is -2.17. The van der Waals surface area contributed by atoms with Gasteiger partial charge in [0.15, 0.2) is 11.5 Å². The monoisotopic (exact) mass is 274 g/mol. The number of hydrogen-bond acceptors (Lipinski definition) is 4. The molecule has 0 saturated heterocycles. The zero-order chi connectivity index (χ0) is 13.7. The molecular formula is C12H15ClO5. The zero-order valence-corrected chi connectivity index (χ0v) is 11.2. The molecule has 0 radical (unpaired) electrons. The van der Waals surface area contributed by atoms with Crippen molar-refractivity contribution in [1.29, 1.82) is 0 Å². The molecule has 18 heavy (non-hydrogen) atoms. The molecule has 1 aromatic rings. The second-order valence-corrected chi connectivity index (χ2v) is 4.09. The van der Waals surface area contributed by atoms with Crippen LogP contribution < -0.4 is 9.47 Å². The van der Waals surface area contributed by atoms with Crippen molar-refractivity contribution in [3.63, 3.8) is 0 Å². The summed E-state index contributed by atoms with van der Waals surface area (Å²) >= 11 is 5.99. The molecule has 0 heterocycles. The normalized spacial score (nSPS) is 12.0. The van der Waals surface area contributed by atoms with Gasteiger partial charge < -0.3 is 19.3 Å². The fraction of sp³-hybridized carbons (Fsp3) is 0.417. The Morgan fingerprint density at radius 2 is 2.11 bits per heavy atom. The summed E-state index contributed by atoms with van der Waals surface area (Å²) < 4.78 is 15.6. The van der Waals surface area contributed by atoms with Gasteiger partial charge in [0.2, 0.25) is 0 Å². The third-order valence-electron chi connectivity index (χ3n) is 2.20. The average molecular weight is 275 g/mol. The molecule has 0 aliphatic rings. The van der Waals surface area contributed by atoms with Gasteiger partial charge in [0, 0.05) is 7.11 Å². The molecule has 0 fully saturated rings. The van der Waals surface area contributed by atoms with Gasteiger partial charge in [0.1, 0.15) is 6.10 Å². The first kappa shape index (κ1) is 14.6. The summed E-state index contributed by atoms with van der Waals surface area (Å²) in [7, 11) is 2.98. The smallest absolute Gasteiger partial charge is 0.335 e. The van der Waals surface area contributed by atoms with Gasteiger partial charge in [-0.25, -0.2) is 4.79 Å². The molecule has 0 saturated carbocycles. The lowest BCUT2D eigenvalue weighted by atomic mass is 10.2. The molecule has 1 aromatic carbocycles. The minimum Gasteiger partial charge on any atom is -0.493 e. The minimum atomic E-state index is -1.08. The van der Waals surface area contributed by atoms with E-state index in [2.05, 4.69) is 0 Å². The number of carbonyl (C=O) groups is 1. The SMILES string of the molecule is COCC(C)Oc1c(Cl)cc(C(=O)O)cc1OC. The molecule has 0 aromatic heterocycles. The maximum Gasteiger partial charge on any atom is 0.335 e. The first-order valence-corrected chi connectivity index (χ1v) is 5.63. The molecule has 6 heteroatoms. The van der Waals surface area contributed by atoms with E-state index in [1.165, 1.54) is 19.2 Å². The van der Waals surface area contributed by atoms with Crippen LogP contribution in [0.2, 0.25) is 5.02 Å². The first-order chi connectivity index (χ1) is 8.49. The molecule has 1 N–H and O–H groups in total. The van der Waals surface area contributed by atoms with Crippen LogP contribution in [0.1, 0.15) is 17.3 Å². The fourth-order valence-electron chi connectivity index (χ4n) is 1.43. The first-order valence-electron chi connectivity index (χ1n) is 5.26. The number of carboxylic acid groups (broad SMARTS) is 1. The fourth-order valence-corrected chi connectivity index (χ4v) is 1.68. The summed E-state index contributed by atoms with van der Waals surface area (Å²) in [6.07, 6.45) is -0.225. The summed E-state index contributed by atoms with van der Waals surface area (Å²) in [5.74, 6) is -0.483. The van der Waals surface area contributed by atoms with Crippen LogP contribution in [0.4, 0.5) is 0 Å². The second kappa shape index (κ2) is 6.47. The topological polar surface area (TPSA) is 65.0 Å². The Morgan fingerprint density at radius 3 is 2.61 bits per heavy atom. The van der Waals surface area contributed by atoms with Crippen molar-refractivity contribution in [3.05, 3.63) is 22.7 Å². The molecule has 5 nitrogen and oxygen atoms in total. The zero-order valence-electron chi connectivity index (χ0n) is 10.4. The van der Waals surface area contributed by atoms with Crippen molar-refractivity contribution >= 4 is 17.6 Å². The Bertz CT molecular complexity index is 433. The number of carboxylic acids is 1. The van der Waals surface area contributed by atoms with Crippen molar-refractivity contribution in [2.45, 2.75) is 13.0 Å². The van der Waals surface area contributed by atoms with Crippen LogP contribution in [0.15, 0.2) is 12.1 Å². The summed E-state index contributed by atoms with van der Waals surface area (Å²) in [6.45, 7) is 2.20. The summed E-state index contributed by atoms with van der Waals surface area (Å²) in [4.78, 5) is 10.9. The maximum atomic E-state index is 10.9. The average Bonchev–Trinajstić information content (AvgIpc) is 2.31. The van der Waals surface area contributed by atoms with Crippen LogP contribution >= 0.6 is 11.6 Å².